The second-order valence-corrected chi connectivity index (χ2v) is 3.97. The summed E-state index contributed by atoms with van der Waals surface area (Å²) in [5.74, 6) is 0.658. The first-order valence-electron chi connectivity index (χ1n) is 3.78. The topological polar surface area (TPSA) is 56.7 Å². The number of nitrogen functional groups attached to an aromatic ring is 1. The lowest BCUT2D eigenvalue weighted by atomic mass is 10.4. The van der Waals surface area contributed by atoms with Crippen LogP contribution in [0.5, 0.6) is 0 Å². The first kappa shape index (κ1) is 9.48. The highest BCUT2D eigenvalue weighted by atomic mass is 79.9. The molecule has 2 aromatic heterocycles. The fraction of sp³-hybridized carbons (Fsp3) is 0. The lowest BCUT2D eigenvalue weighted by Gasteiger charge is -2.03. The van der Waals surface area contributed by atoms with Gasteiger partial charge in [0.15, 0.2) is 5.82 Å². The molecule has 4 nitrogen and oxygen atoms in total. The van der Waals surface area contributed by atoms with Gasteiger partial charge in [-0.25, -0.2) is 9.67 Å². The molecule has 0 unspecified atom stereocenters. The van der Waals surface area contributed by atoms with Gasteiger partial charge in [0, 0.05) is 0 Å². The molecule has 0 aromatic carbocycles. The number of aromatic nitrogens is 3. The summed E-state index contributed by atoms with van der Waals surface area (Å²) in [6, 6.07) is 1.76. The fourth-order valence-electron chi connectivity index (χ4n) is 1.03. The SMILES string of the molecule is Nc1cnc(-n2cc(Cl)cn2)c(Br)c1. The minimum atomic E-state index is 0.565. The van der Waals surface area contributed by atoms with E-state index in [-0.39, 0.29) is 0 Å². The summed E-state index contributed by atoms with van der Waals surface area (Å²) in [6.07, 6.45) is 4.78. The molecule has 0 radical (unpaired) electrons. The highest BCUT2D eigenvalue weighted by Crippen LogP contribution is 2.21. The van der Waals surface area contributed by atoms with Gasteiger partial charge in [-0.2, -0.15) is 5.10 Å². The Balaban J connectivity index is 2.52. The van der Waals surface area contributed by atoms with E-state index in [1.54, 1.807) is 29.3 Å². The van der Waals surface area contributed by atoms with Crippen LogP contribution in [0.2, 0.25) is 5.02 Å². The summed E-state index contributed by atoms with van der Waals surface area (Å²) in [5, 5.41) is 4.59. The summed E-state index contributed by atoms with van der Waals surface area (Å²) in [7, 11) is 0. The van der Waals surface area contributed by atoms with Gasteiger partial charge in [-0.15, -0.1) is 0 Å². The van der Waals surface area contributed by atoms with E-state index in [2.05, 4.69) is 26.0 Å². The summed E-state index contributed by atoms with van der Waals surface area (Å²) in [4.78, 5) is 4.13. The third kappa shape index (κ3) is 1.73. The van der Waals surface area contributed by atoms with E-state index in [0.717, 1.165) is 4.47 Å². The van der Waals surface area contributed by atoms with Crippen LogP contribution in [0.4, 0.5) is 5.69 Å². The molecule has 2 rings (SSSR count). The standard InChI is InChI=1S/C8H6BrClN4/c9-7-1-6(11)3-12-8(7)14-4-5(10)2-13-14/h1-4H,11H2. The molecule has 0 atom stereocenters. The molecule has 6 heteroatoms. The molecule has 0 saturated carbocycles. The normalized spacial score (nSPS) is 10.4. The number of pyridine rings is 1. The third-order valence-corrected chi connectivity index (χ3v) is 2.39. The van der Waals surface area contributed by atoms with Crippen molar-refractivity contribution in [3.63, 3.8) is 0 Å². The van der Waals surface area contributed by atoms with Crippen molar-refractivity contribution in [1.29, 1.82) is 0 Å². The molecule has 2 aromatic rings. The molecule has 0 amide bonds. The molecule has 0 saturated heterocycles. The van der Waals surface area contributed by atoms with Gasteiger partial charge in [0.25, 0.3) is 0 Å². The highest BCUT2D eigenvalue weighted by Gasteiger charge is 2.05. The second-order valence-electron chi connectivity index (χ2n) is 2.68. The van der Waals surface area contributed by atoms with Crippen LogP contribution in [0.3, 0.4) is 0 Å². The van der Waals surface area contributed by atoms with Gasteiger partial charge in [-0.1, -0.05) is 11.6 Å². The van der Waals surface area contributed by atoms with Gasteiger partial charge in [-0.05, 0) is 22.0 Å². The lowest BCUT2D eigenvalue weighted by molar-refractivity contribution is 0.842. The zero-order chi connectivity index (χ0) is 10.1. The quantitative estimate of drug-likeness (QED) is 0.867. The predicted molar refractivity (Wildman–Crippen MR) is 58.5 cm³/mol. The first-order chi connectivity index (χ1) is 6.66. The molecule has 0 aliphatic heterocycles. The average molecular weight is 274 g/mol. The van der Waals surface area contributed by atoms with E-state index in [1.165, 1.54) is 0 Å². The molecule has 0 aliphatic carbocycles. The first-order valence-corrected chi connectivity index (χ1v) is 4.95. The molecule has 0 spiro atoms. The smallest absolute Gasteiger partial charge is 0.167 e. The number of hydrogen-bond acceptors (Lipinski definition) is 3. The highest BCUT2D eigenvalue weighted by molar-refractivity contribution is 9.10. The zero-order valence-corrected chi connectivity index (χ0v) is 9.33. The number of rotatable bonds is 1. The van der Waals surface area contributed by atoms with Crippen LogP contribution >= 0.6 is 27.5 Å². The van der Waals surface area contributed by atoms with E-state index < -0.39 is 0 Å². The second kappa shape index (κ2) is 3.59. The average Bonchev–Trinajstić information content (AvgIpc) is 2.51. The molecule has 2 heterocycles. The number of nitrogens with two attached hydrogens (primary N) is 1. The summed E-state index contributed by atoms with van der Waals surface area (Å²) < 4.78 is 2.35. The van der Waals surface area contributed by atoms with Crippen LogP contribution < -0.4 is 5.73 Å². The molecule has 14 heavy (non-hydrogen) atoms. The molecule has 0 bridgehead atoms. The maximum atomic E-state index is 5.74. The van der Waals surface area contributed by atoms with E-state index in [4.69, 9.17) is 17.3 Å². The number of anilines is 1. The minimum absolute atomic E-state index is 0.565. The van der Waals surface area contributed by atoms with Crippen LogP contribution in [-0.4, -0.2) is 14.8 Å². The van der Waals surface area contributed by atoms with Crippen molar-refractivity contribution in [1.82, 2.24) is 14.8 Å². The van der Waals surface area contributed by atoms with E-state index >= 15 is 0 Å². The maximum absolute atomic E-state index is 5.74. The predicted octanol–water partition coefficient (Wildman–Crippen LogP) is 2.27. The van der Waals surface area contributed by atoms with Gasteiger partial charge < -0.3 is 5.73 Å². The third-order valence-electron chi connectivity index (χ3n) is 1.61. The Labute approximate surface area is 93.8 Å². The van der Waals surface area contributed by atoms with Crippen molar-refractivity contribution in [3.05, 3.63) is 34.2 Å². The molecular formula is C8H6BrClN4. The number of hydrogen-bond donors (Lipinski definition) is 1. The van der Waals surface area contributed by atoms with E-state index in [9.17, 15) is 0 Å². The van der Waals surface area contributed by atoms with Crippen molar-refractivity contribution in [3.8, 4) is 5.82 Å². The Morgan fingerprint density at radius 2 is 2.21 bits per heavy atom. The van der Waals surface area contributed by atoms with E-state index in [0.29, 0.717) is 16.5 Å². The van der Waals surface area contributed by atoms with Gasteiger partial charge in [0.05, 0.1) is 33.8 Å². The van der Waals surface area contributed by atoms with Crippen LogP contribution in [-0.2, 0) is 0 Å². The van der Waals surface area contributed by atoms with Crippen molar-refractivity contribution in [2.75, 3.05) is 5.73 Å². The van der Waals surface area contributed by atoms with Crippen LogP contribution in [0.25, 0.3) is 5.82 Å². The molecule has 2 N–H and O–H groups in total. The van der Waals surface area contributed by atoms with Crippen molar-refractivity contribution < 1.29 is 0 Å². The van der Waals surface area contributed by atoms with Gasteiger partial charge >= 0.3 is 0 Å². The molecule has 0 aliphatic rings. The Morgan fingerprint density at radius 1 is 1.43 bits per heavy atom. The Bertz CT molecular complexity index is 468. The number of halogens is 2. The Morgan fingerprint density at radius 3 is 2.79 bits per heavy atom. The maximum Gasteiger partial charge on any atom is 0.167 e. The van der Waals surface area contributed by atoms with Crippen LogP contribution in [0.1, 0.15) is 0 Å². The van der Waals surface area contributed by atoms with Crippen LogP contribution in [0.15, 0.2) is 29.1 Å². The Kier molecular flexibility index (Phi) is 2.43. The summed E-state index contributed by atoms with van der Waals surface area (Å²) in [6.45, 7) is 0. The van der Waals surface area contributed by atoms with Crippen molar-refractivity contribution in [2.24, 2.45) is 0 Å². The fourth-order valence-corrected chi connectivity index (χ4v) is 1.72. The lowest BCUT2D eigenvalue weighted by Crippen LogP contribution is -2.00. The van der Waals surface area contributed by atoms with Crippen LogP contribution in [0, 0.1) is 0 Å². The zero-order valence-electron chi connectivity index (χ0n) is 6.98. The monoisotopic (exact) mass is 272 g/mol. The van der Waals surface area contributed by atoms with E-state index in [1.807, 2.05) is 0 Å². The molecular weight excluding hydrogens is 267 g/mol. The van der Waals surface area contributed by atoms with Gasteiger partial charge in [0.2, 0.25) is 0 Å². The summed E-state index contributed by atoms with van der Waals surface area (Å²) >= 11 is 9.09. The minimum Gasteiger partial charge on any atom is -0.397 e. The van der Waals surface area contributed by atoms with Gasteiger partial charge in [-0.3, -0.25) is 0 Å². The molecule has 0 fully saturated rings. The van der Waals surface area contributed by atoms with Crippen molar-refractivity contribution >= 4 is 33.2 Å². The summed E-state index contributed by atoms with van der Waals surface area (Å²) in [5.41, 5.74) is 6.16. The largest absolute Gasteiger partial charge is 0.397 e. The van der Waals surface area contributed by atoms with Crippen molar-refractivity contribution in [2.45, 2.75) is 0 Å². The number of nitrogens with zero attached hydrogens (tertiary/aromatic N) is 3. The Hall–Kier alpha value is -1.07. The van der Waals surface area contributed by atoms with Gasteiger partial charge in [0.1, 0.15) is 0 Å². The molecule has 72 valence electrons.